The fourth-order valence-electron chi connectivity index (χ4n) is 2.80. The standard InChI is InChI=1S/C18H21N5O2/c1-3-14-15(18(24)25-4-2)11-23-16(14)17(21-12-22-23)20-10-8-13-7-5-6-9-19-13/h5-7,9,11-12H,3-4,8,10H2,1-2H3,(H,20,21,22). The van der Waals surface area contributed by atoms with Crippen LogP contribution in [-0.2, 0) is 17.6 Å². The van der Waals surface area contributed by atoms with Gasteiger partial charge in [0.2, 0.25) is 0 Å². The van der Waals surface area contributed by atoms with E-state index in [4.69, 9.17) is 4.74 Å². The van der Waals surface area contributed by atoms with Crippen LogP contribution in [0, 0.1) is 0 Å². The number of hydrogen-bond acceptors (Lipinski definition) is 6. The second kappa shape index (κ2) is 7.74. The lowest BCUT2D eigenvalue weighted by Gasteiger charge is -2.08. The topological polar surface area (TPSA) is 81.4 Å². The van der Waals surface area contributed by atoms with Gasteiger partial charge in [-0.05, 0) is 31.0 Å². The Balaban J connectivity index is 1.86. The Kier molecular flexibility index (Phi) is 5.23. The van der Waals surface area contributed by atoms with E-state index < -0.39 is 0 Å². The molecule has 25 heavy (non-hydrogen) atoms. The molecule has 0 aliphatic heterocycles. The summed E-state index contributed by atoms with van der Waals surface area (Å²) in [5.74, 6) is 0.377. The number of aryl methyl sites for hydroxylation is 1. The number of hydrogen-bond donors (Lipinski definition) is 1. The molecule has 3 heterocycles. The summed E-state index contributed by atoms with van der Waals surface area (Å²) in [5.41, 5.74) is 3.25. The van der Waals surface area contributed by atoms with Crippen molar-refractivity contribution in [3.63, 3.8) is 0 Å². The monoisotopic (exact) mass is 339 g/mol. The SMILES string of the molecule is CCOC(=O)c1cn2ncnc(NCCc3ccccn3)c2c1CC. The zero-order chi connectivity index (χ0) is 17.6. The molecule has 3 aromatic heterocycles. The maximum Gasteiger partial charge on any atom is 0.340 e. The third-order valence-corrected chi connectivity index (χ3v) is 3.93. The van der Waals surface area contributed by atoms with Crippen LogP contribution in [0.2, 0.25) is 0 Å². The Morgan fingerprint density at radius 2 is 2.16 bits per heavy atom. The molecule has 0 aliphatic rings. The Bertz CT molecular complexity index is 861. The fourth-order valence-corrected chi connectivity index (χ4v) is 2.80. The van der Waals surface area contributed by atoms with E-state index >= 15 is 0 Å². The van der Waals surface area contributed by atoms with Crippen LogP contribution in [0.5, 0.6) is 0 Å². The molecule has 0 saturated heterocycles. The first-order valence-electron chi connectivity index (χ1n) is 8.40. The Morgan fingerprint density at radius 1 is 1.28 bits per heavy atom. The van der Waals surface area contributed by atoms with E-state index in [0.717, 1.165) is 23.2 Å². The summed E-state index contributed by atoms with van der Waals surface area (Å²) < 4.78 is 6.83. The van der Waals surface area contributed by atoms with Crippen molar-refractivity contribution in [3.8, 4) is 0 Å². The Labute approximate surface area is 146 Å². The van der Waals surface area contributed by atoms with Crippen LogP contribution in [-0.4, -0.2) is 38.7 Å². The van der Waals surface area contributed by atoms with Gasteiger partial charge in [0.05, 0.1) is 12.2 Å². The molecule has 0 radical (unpaired) electrons. The molecule has 0 amide bonds. The van der Waals surface area contributed by atoms with Crippen molar-refractivity contribution < 1.29 is 9.53 Å². The average Bonchev–Trinajstić information content (AvgIpc) is 3.02. The van der Waals surface area contributed by atoms with E-state index in [1.54, 1.807) is 23.8 Å². The number of aromatic nitrogens is 4. The number of rotatable bonds is 7. The lowest BCUT2D eigenvalue weighted by atomic mass is 10.1. The summed E-state index contributed by atoms with van der Waals surface area (Å²) in [6.45, 7) is 4.83. The minimum Gasteiger partial charge on any atom is -0.462 e. The number of esters is 1. The molecule has 130 valence electrons. The number of carbonyl (C=O) groups is 1. The molecule has 0 saturated carbocycles. The number of nitrogens with zero attached hydrogens (tertiary/aromatic N) is 4. The highest BCUT2D eigenvalue weighted by atomic mass is 16.5. The third kappa shape index (κ3) is 3.60. The number of fused-ring (bicyclic) bond motifs is 1. The van der Waals surface area contributed by atoms with Crippen LogP contribution >= 0.6 is 0 Å². The van der Waals surface area contributed by atoms with Crippen LogP contribution in [0.4, 0.5) is 5.82 Å². The van der Waals surface area contributed by atoms with Gasteiger partial charge in [-0.15, -0.1) is 0 Å². The predicted molar refractivity (Wildman–Crippen MR) is 94.8 cm³/mol. The average molecular weight is 339 g/mol. The van der Waals surface area contributed by atoms with Gasteiger partial charge in [0, 0.05) is 31.1 Å². The van der Waals surface area contributed by atoms with Crippen LogP contribution in [0.15, 0.2) is 36.9 Å². The van der Waals surface area contributed by atoms with E-state index in [0.29, 0.717) is 31.0 Å². The molecule has 0 bridgehead atoms. The minimum atomic E-state index is -0.329. The first-order chi connectivity index (χ1) is 12.2. The van der Waals surface area contributed by atoms with Crippen molar-refractivity contribution in [1.29, 1.82) is 0 Å². The first kappa shape index (κ1) is 16.9. The van der Waals surface area contributed by atoms with Crippen LogP contribution in [0.1, 0.15) is 35.5 Å². The van der Waals surface area contributed by atoms with E-state index in [1.165, 1.54) is 6.33 Å². The van der Waals surface area contributed by atoms with E-state index in [2.05, 4.69) is 20.4 Å². The van der Waals surface area contributed by atoms with Crippen LogP contribution < -0.4 is 5.32 Å². The highest BCUT2D eigenvalue weighted by Crippen LogP contribution is 2.24. The summed E-state index contributed by atoms with van der Waals surface area (Å²) in [4.78, 5) is 20.9. The maximum absolute atomic E-state index is 12.2. The van der Waals surface area contributed by atoms with Gasteiger partial charge < -0.3 is 10.1 Å². The molecule has 0 spiro atoms. The lowest BCUT2D eigenvalue weighted by molar-refractivity contribution is 0.0525. The van der Waals surface area contributed by atoms with Gasteiger partial charge in [-0.1, -0.05) is 13.0 Å². The number of nitrogens with one attached hydrogen (secondary N) is 1. The van der Waals surface area contributed by atoms with Gasteiger partial charge in [-0.25, -0.2) is 14.3 Å². The van der Waals surface area contributed by atoms with Crippen LogP contribution in [0.3, 0.4) is 0 Å². The molecule has 1 N–H and O–H groups in total. The predicted octanol–water partition coefficient (Wildman–Crippen LogP) is 2.52. The largest absolute Gasteiger partial charge is 0.462 e. The molecule has 7 heteroatoms. The zero-order valence-corrected chi connectivity index (χ0v) is 14.4. The molecule has 3 rings (SSSR count). The number of carbonyl (C=O) groups excluding carboxylic acids is 1. The molecule has 0 unspecified atom stereocenters. The van der Waals surface area contributed by atoms with Gasteiger partial charge in [0.15, 0.2) is 5.82 Å². The van der Waals surface area contributed by atoms with Gasteiger partial charge in [0.25, 0.3) is 0 Å². The first-order valence-corrected chi connectivity index (χ1v) is 8.40. The number of pyridine rings is 1. The molecule has 0 fully saturated rings. The fraction of sp³-hybridized carbons (Fsp3) is 0.333. The number of ether oxygens (including phenoxy) is 1. The van der Waals surface area contributed by atoms with Gasteiger partial charge >= 0.3 is 5.97 Å². The molecule has 0 atom stereocenters. The van der Waals surface area contributed by atoms with Crippen molar-refractivity contribution >= 4 is 17.3 Å². The summed E-state index contributed by atoms with van der Waals surface area (Å²) >= 11 is 0. The molecular formula is C18H21N5O2. The smallest absolute Gasteiger partial charge is 0.340 e. The molecular weight excluding hydrogens is 318 g/mol. The maximum atomic E-state index is 12.2. The second-order valence-electron chi connectivity index (χ2n) is 5.50. The van der Waals surface area contributed by atoms with Crippen molar-refractivity contribution in [1.82, 2.24) is 19.6 Å². The van der Waals surface area contributed by atoms with Crippen molar-refractivity contribution in [2.24, 2.45) is 0 Å². The number of anilines is 1. The quantitative estimate of drug-likeness (QED) is 0.666. The normalized spacial score (nSPS) is 10.8. The third-order valence-electron chi connectivity index (χ3n) is 3.93. The summed E-state index contributed by atoms with van der Waals surface area (Å²) in [6, 6.07) is 5.86. The highest BCUT2D eigenvalue weighted by Gasteiger charge is 2.20. The summed E-state index contributed by atoms with van der Waals surface area (Å²) in [5, 5.41) is 7.56. The molecule has 3 aromatic rings. The molecule has 0 aromatic carbocycles. The highest BCUT2D eigenvalue weighted by molar-refractivity contribution is 5.95. The van der Waals surface area contributed by atoms with Crippen molar-refractivity contribution in [3.05, 3.63) is 53.7 Å². The second-order valence-corrected chi connectivity index (χ2v) is 5.50. The molecule has 0 aliphatic carbocycles. The minimum absolute atomic E-state index is 0.329. The van der Waals surface area contributed by atoms with E-state index in [1.807, 2.05) is 25.1 Å². The Hall–Kier alpha value is -2.96. The lowest BCUT2D eigenvalue weighted by Crippen LogP contribution is -2.09. The molecule has 7 nitrogen and oxygen atoms in total. The van der Waals surface area contributed by atoms with Gasteiger partial charge in [-0.3, -0.25) is 4.98 Å². The van der Waals surface area contributed by atoms with E-state index in [-0.39, 0.29) is 5.97 Å². The van der Waals surface area contributed by atoms with Gasteiger partial charge in [0.1, 0.15) is 11.8 Å². The Morgan fingerprint density at radius 3 is 2.88 bits per heavy atom. The van der Waals surface area contributed by atoms with E-state index in [9.17, 15) is 4.79 Å². The van der Waals surface area contributed by atoms with Crippen molar-refractivity contribution in [2.45, 2.75) is 26.7 Å². The van der Waals surface area contributed by atoms with Crippen LogP contribution in [0.25, 0.3) is 5.52 Å². The summed E-state index contributed by atoms with van der Waals surface area (Å²) in [7, 11) is 0. The van der Waals surface area contributed by atoms with Crippen molar-refractivity contribution in [2.75, 3.05) is 18.5 Å². The van der Waals surface area contributed by atoms with Gasteiger partial charge in [-0.2, -0.15) is 5.10 Å². The summed E-state index contributed by atoms with van der Waals surface area (Å²) in [6.07, 6.45) is 6.44. The zero-order valence-electron chi connectivity index (χ0n) is 14.4.